The van der Waals surface area contributed by atoms with E-state index < -0.39 is 0 Å². The molecular formula is C20H19FN4O. The van der Waals surface area contributed by atoms with Crippen LogP contribution in [0, 0.1) is 5.82 Å². The van der Waals surface area contributed by atoms with Gasteiger partial charge in [-0.05, 0) is 54.6 Å². The summed E-state index contributed by atoms with van der Waals surface area (Å²) < 4.78 is 14.8. The highest BCUT2D eigenvalue weighted by Gasteiger charge is 2.22. The van der Waals surface area contributed by atoms with E-state index in [2.05, 4.69) is 10.00 Å². The molecule has 0 bridgehead atoms. The summed E-state index contributed by atoms with van der Waals surface area (Å²) in [5, 5.41) is 4.19. The van der Waals surface area contributed by atoms with Crippen LogP contribution >= 0.6 is 0 Å². The average molecular weight is 350 g/mol. The maximum atomic E-state index is 13.1. The van der Waals surface area contributed by atoms with Crippen molar-refractivity contribution in [1.82, 2.24) is 14.7 Å². The van der Waals surface area contributed by atoms with Gasteiger partial charge in [-0.1, -0.05) is 0 Å². The smallest absolute Gasteiger partial charge is 0.253 e. The molecule has 2 aromatic carbocycles. The summed E-state index contributed by atoms with van der Waals surface area (Å²) in [5.41, 5.74) is 2.59. The minimum absolute atomic E-state index is 0.0378. The number of anilines is 1. The van der Waals surface area contributed by atoms with Gasteiger partial charge in [0.15, 0.2) is 0 Å². The van der Waals surface area contributed by atoms with E-state index in [0.29, 0.717) is 18.7 Å². The lowest BCUT2D eigenvalue weighted by Gasteiger charge is -2.36. The van der Waals surface area contributed by atoms with Crippen molar-refractivity contribution in [3.63, 3.8) is 0 Å². The average Bonchev–Trinajstić information content (AvgIpc) is 3.23. The SMILES string of the molecule is O=C(c1ccc(-n2cccn2)cc1)N1CCN(c2ccc(F)cc2)CC1. The van der Waals surface area contributed by atoms with Crippen molar-refractivity contribution in [3.05, 3.63) is 78.4 Å². The highest BCUT2D eigenvalue weighted by molar-refractivity contribution is 5.94. The summed E-state index contributed by atoms with van der Waals surface area (Å²) >= 11 is 0. The molecule has 0 atom stereocenters. The fourth-order valence-electron chi connectivity index (χ4n) is 3.18. The van der Waals surface area contributed by atoms with Crippen LogP contribution in [0.15, 0.2) is 67.0 Å². The lowest BCUT2D eigenvalue weighted by Crippen LogP contribution is -2.48. The molecule has 5 nitrogen and oxygen atoms in total. The maximum Gasteiger partial charge on any atom is 0.253 e. The Morgan fingerprint density at radius 3 is 2.15 bits per heavy atom. The molecule has 1 amide bonds. The Kier molecular flexibility index (Phi) is 4.39. The van der Waals surface area contributed by atoms with Crippen LogP contribution in [-0.2, 0) is 0 Å². The van der Waals surface area contributed by atoms with Crippen LogP contribution in [0.4, 0.5) is 10.1 Å². The van der Waals surface area contributed by atoms with Crippen molar-refractivity contribution in [1.29, 1.82) is 0 Å². The summed E-state index contributed by atoms with van der Waals surface area (Å²) in [6.45, 7) is 2.78. The number of nitrogens with zero attached hydrogens (tertiary/aromatic N) is 4. The molecule has 0 saturated carbocycles. The highest BCUT2D eigenvalue weighted by Crippen LogP contribution is 2.18. The van der Waals surface area contributed by atoms with Crippen molar-refractivity contribution >= 4 is 11.6 Å². The second-order valence-corrected chi connectivity index (χ2v) is 6.25. The van der Waals surface area contributed by atoms with Crippen molar-refractivity contribution in [2.24, 2.45) is 0 Å². The Labute approximate surface area is 151 Å². The molecule has 1 aliphatic heterocycles. The van der Waals surface area contributed by atoms with Crippen LogP contribution < -0.4 is 4.90 Å². The molecule has 1 aromatic heterocycles. The van der Waals surface area contributed by atoms with Crippen LogP contribution in [0.1, 0.15) is 10.4 Å². The van der Waals surface area contributed by atoms with Crippen LogP contribution in [0.3, 0.4) is 0 Å². The summed E-state index contributed by atoms with van der Waals surface area (Å²) in [6, 6.07) is 15.8. The topological polar surface area (TPSA) is 41.4 Å². The van der Waals surface area contributed by atoms with Crippen molar-refractivity contribution in [2.75, 3.05) is 31.1 Å². The first-order valence-corrected chi connectivity index (χ1v) is 8.60. The van der Waals surface area contributed by atoms with Gasteiger partial charge in [-0.15, -0.1) is 0 Å². The van der Waals surface area contributed by atoms with E-state index in [-0.39, 0.29) is 11.7 Å². The summed E-state index contributed by atoms with van der Waals surface area (Å²) in [6.07, 6.45) is 3.59. The van der Waals surface area contributed by atoms with Gasteiger partial charge in [0, 0.05) is 49.8 Å². The van der Waals surface area contributed by atoms with E-state index >= 15 is 0 Å². The van der Waals surface area contributed by atoms with Gasteiger partial charge in [0.25, 0.3) is 5.91 Å². The molecule has 3 aromatic rings. The fraction of sp³-hybridized carbons (Fsp3) is 0.200. The van der Waals surface area contributed by atoms with Crippen LogP contribution in [0.5, 0.6) is 0 Å². The third-order valence-corrected chi connectivity index (χ3v) is 4.64. The second-order valence-electron chi connectivity index (χ2n) is 6.25. The molecule has 0 N–H and O–H groups in total. The molecule has 26 heavy (non-hydrogen) atoms. The van der Waals surface area contributed by atoms with Gasteiger partial charge < -0.3 is 9.80 Å². The van der Waals surface area contributed by atoms with Gasteiger partial charge in [-0.2, -0.15) is 5.10 Å². The predicted octanol–water partition coefficient (Wildman–Crippen LogP) is 2.97. The Morgan fingerprint density at radius 2 is 1.54 bits per heavy atom. The Hall–Kier alpha value is -3.15. The van der Waals surface area contributed by atoms with Gasteiger partial charge in [0.1, 0.15) is 5.82 Å². The number of benzene rings is 2. The quantitative estimate of drug-likeness (QED) is 0.729. The standard InChI is InChI=1S/C20H19FN4O/c21-17-4-8-18(9-5-17)23-12-14-24(15-13-23)20(26)16-2-6-19(7-3-16)25-11-1-10-22-25/h1-11H,12-15H2. The first-order chi connectivity index (χ1) is 12.7. The van der Waals surface area contributed by atoms with Gasteiger partial charge in [-0.25, -0.2) is 9.07 Å². The highest BCUT2D eigenvalue weighted by atomic mass is 19.1. The lowest BCUT2D eigenvalue weighted by atomic mass is 10.1. The molecule has 1 aliphatic rings. The molecule has 0 spiro atoms. The van der Waals surface area contributed by atoms with E-state index in [4.69, 9.17) is 0 Å². The Bertz CT molecular complexity index is 867. The minimum atomic E-state index is -0.235. The van der Waals surface area contributed by atoms with Gasteiger partial charge in [0.05, 0.1) is 5.69 Å². The van der Waals surface area contributed by atoms with E-state index in [1.165, 1.54) is 12.1 Å². The van der Waals surface area contributed by atoms with Gasteiger partial charge in [-0.3, -0.25) is 4.79 Å². The molecular weight excluding hydrogens is 331 g/mol. The molecule has 1 fully saturated rings. The number of carbonyl (C=O) groups is 1. The third-order valence-electron chi connectivity index (χ3n) is 4.64. The predicted molar refractivity (Wildman–Crippen MR) is 98.1 cm³/mol. The molecule has 1 saturated heterocycles. The first kappa shape index (κ1) is 16.3. The normalized spacial score (nSPS) is 14.5. The van der Waals surface area contributed by atoms with Crippen LogP contribution in [-0.4, -0.2) is 46.8 Å². The zero-order valence-corrected chi connectivity index (χ0v) is 14.3. The van der Waals surface area contributed by atoms with E-state index in [0.717, 1.165) is 24.5 Å². The van der Waals surface area contributed by atoms with E-state index in [1.807, 2.05) is 41.4 Å². The molecule has 0 radical (unpaired) electrons. The monoisotopic (exact) mass is 350 g/mol. The number of amides is 1. The van der Waals surface area contributed by atoms with Gasteiger partial charge in [0.2, 0.25) is 0 Å². The molecule has 0 unspecified atom stereocenters. The summed E-state index contributed by atoms with van der Waals surface area (Å²) in [4.78, 5) is 16.8. The first-order valence-electron chi connectivity index (χ1n) is 8.60. The van der Waals surface area contributed by atoms with Gasteiger partial charge >= 0.3 is 0 Å². The fourth-order valence-corrected chi connectivity index (χ4v) is 3.18. The number of aromatic nitrogens is 2. The number of rotatable bonds is 3. The van der Waals surface area contributed by atoms with Crippen molar-refractivity contribution < 1.29 is 9.18 Å². The molecule has 2 heterocycles. The number of hydrogen-bond acceptors (Lipinski definition) is 3. The van der Waals surface area contributed by atoms with Crippen molar-refractivity contribution in [3.8, 4) is 5.69 Å². The molecule has 6 heteroatoms. The second kappa shape index (κ2) is 7.00. The number of piperazine rings is 1. The number of halogens is 1. The Morgan fingerprint density at radius 1 is 0.885 bits per heavy atom. The minimum Gasteiger partial charge on any atom is -0.368 e. The molecule has 132 valence electrons. The zero-order valence-electron chi connectivity index (χ0n) is 14.3. The largest absolute Gasteiger partial charge is 0.368 e. The number of hydrogen-bond donors (Lipinski definition) is 0. The van der Waals surface area contributed by atoms with Crippen LogP contribution in [0.2, 0.25) is 0 Å². The van der Waals surface area contributed by atoms with Crippen molar-refractivity contribution in [2.45, 2.75) is 0 Å². The maximum absolute atomic E-state index is 13.1. The summed E-state index contributed by atoms with van der Waals surface area (Å²) in [7, 11) is 0. The van der Waals surface area contributed by atoms with E-state index in [1.54, 1.807) is 23.0 Å². The van der Waals surface area contributed by atoms with Crippen LogP contribution in [0.25, 0.3) is 5.69 Å². The Balaban J connectivity index is 1.39. The number of carbonyl (C=O) groups excluding carboxylic acids is 1. The van der Waals surface area contributed by atoms with E-state index in [9.17, 15) is 9.18 Å². The molecule has 0 aliphatic carbocycles. The zero-order chi connectivity index (χ0) is 17.9. The third kappa shape index (κ3) is 3.31. The molecule has 4 rings (SSSR count). The summed E-state index contributed by atoms with van der Waals surface area (Å²) in [5.74, 6) is -0.197. The lowest BCUT2D eigenvalue weighted by molar-refractivity contribution is 0.0747.